The Morgan fingerprint density at radius 3 is 2.86 bits per heavy atom. The van der Waals surface area contributed by atoms with Crippen molar-refractivity contribution in [2.45, 2.75) is 26.8 Å². The number of carbonyl (C=O) groups is 1. The predicted octanol–water partition coefficient (Wildman–Crippen LogP) is 2.21. The molecule has 0 unspecified atom stereocenters. The highest BCUT2D eigenvalue weighted by molar-refractivity contribution is 5.90. The van der Waals surface area contributed by atoms with Crippen molar-refractivity contribution in [1.82, 2.24) is 0 Å². The molecular weight excluding hydrogens is 280 g/mol. The van der Waals surface area contributed by atoms with Crippen molar-refractivity contribution in [2.24, 2.45) is 0 Å². The van der Waals surface area contributed by atoms with E-state index in [-0.39, 0.29) is 19.2 Å². The molecule has 1 N–H and O–H groups in total. The van der Waals surface area contributed by atoms with Crippen molar-refractivity contribution in [2.75, 3.05) is 12.1 Å². The predicted molar refractivity (Wildman–Crippen MR) is 81.9 cm³/mol. The summed E-state index contributed by atoms with van der Waals surface area (Å²) in [6.45, 7) is 4.61. The molecule has 0 saturated heterocycles. The molecule has 1 aliphatic rings. The Morgan fingerprint density at radius 2 is 2.05 bits per heavy atom. The van der Waals surface area contributed by atoms with Crippen LogP contribution in [0.3, 0.4) is 0 Å². The number of aromatic nitrogens is 1. The second-order valence-corrected chi connectivity index (χ2v) is 5.28. The van der Waals surface area contributed by atoms with Crippen LogP contribution in [0.15, 0.2) is 36.5 Å². The summed E-state index contributed by atoms with van der Waals surface area (Å²) in [5, 5.41) is 2.89. The third-order valence-electron chi connectivity index (χ3n) is 3.69. The molecule has 3 rings (SSSR count). The monoisotopic (exact) mass is 299 g/mol. The Balaban J connectivity index is 1.70. The molecule has 22 heavy (non-hydrogen) atoms. The summed E-state index contributed by atoms with van der Waals surface area (Å²) in [5.74, 6) is 1.30. The van der Waals surface area contributed by atoms with Gasteiger partial charge in [-0.15, -0.1) is 0 Å². The molecule has 0 saturated carbocycles. The lowest BCUT2D eigenvalue weighted by Gasteiger charge is -2.06. The first-order chi connectivity index (χ1) is 10.7. The Kier molecular flexibility index (Phi) is 3.96. The molecule has 0 fully saturated rings. The number of amides is 1. The van der Waals surface area contributed by atoms with Crippen LogP contribution in [0.4, 0.5) is 5.69 Å². The van der Waals surface area contributed by atoms with Crippen molar-refractivity contribution in [3.8, 4) is 11.5 Å². The molecule has 5 nitrogen and oxygen atoms in total. The standard InChI is InChI=1S/C17H18N2O3/c1-3-13-5-4-12(2)19(9-13)10-17(20)18-14-6-7-15-16(8-14)22-11-21-15/h4-9H,3,10-11H2,1-2H3/p+1. The second-order valence-electron chi connectivity index (χ2n) is 5.28. The van der Waals surface area contributed by atoms with Gasteiger partial charge in [-0.25, -0.2) is 0 Å². The average Bonchev–Trinajstić information content (AvgIpc) is 2.97. The van der Waals surface area contributed by atoms with E-state index in [1.54, 1.807) is 12.1 Å². The number of nitrogens with zero attached hydrogens (tertiary/aromatic N) is 1. The van der Waals surface area contributed by atoms with E-state index < -0.39 is 0 Å². The van der Waals surface area contributed by atoms with Crippen LogP contribution in [-0.4, -0.2) is 12.7 Å². The highest BCUT2D eigenvalue weighted by Gasteiger charge is 2.16. The fourth-order valence-electron chi connectivity index (χ4n) is 2.38. The van der Waals surface area contributed by atoms with Gasteiger partial charge in [0.2, 0.25) is 13.3 Å². The van der Waals surface area contributed by atoms with Crippen molar-refractivity contribution >= 4 is 11.6 Å². The first-order valence-electron chi connectivity index (χ1n) is 7.34. The third-order valence-corrected chi connectivity index (χ3v) is 3.69. The molecule has 1 amide bonds. The summed E-state index contributed by atoms with van der Waals surface area (Å²) >= 11 is 0. The van der Waals surface area contributed by atoms with Crippen LogP contribution in [0.1, 0.15) is 18.2 Å². The zero-order valence-electron chi connectivity index (χ0n) is 12.8. The second kappa shape index (κ2) is 6.05. The summed E-state index contributed by atoms with van der Waals surface area (Å²) in [7, 11) is 0. The summed E-state index contributed by atoms with van der Waals surface area (Å²) < 4.78 is 12.5. The lowest BCUT2D eigenvalue weighted by Crippen LogP contribution is -2.43. The van der Waals surface area contributed by atoms with Gasteiger partial charge in [-0.1, -0.05) is 6.92 Å². The largest absolute Gasteiger partial charge is 0.454 e. The van der Waals surface area contributed by atoms with Gasteiger partial charge in [-0.3, -0.25) is 4.79 Å². The molecule has 5 heteroatoms. The molecule has 2 aromatic rings. The number of carbonyl (C=O) groups excluding carboxylic acids is 1. The number of hydrogen-bond donors (Lipinski definition) is 1. The lowest BCUT2D eigenvalue weighted by molar-refractivity contribution is -0.690. The summed E-state index contributed by atoms with van der Waals surface area (Å²) in [5.41, 5.74) is 2.97. The fourth-order valence-corrected chi connectivity index (χ4v) is 2.38. The number of nitrogens with one attached hydrogen (secondary N) is 1. The number of ether oxygens (including phenoxy) is 2. The van der Waals surface area contributed by atoms with Crippen molar-refractivity contribution in [3.05, 3.63) is 47.8 Å². The highest BCUT2D eigenvalue weighted by Crippen LogP contribution is 2.34. The highest BCUT2D eigenvalue weighted by atomic mass is 16.7. The molecule has 1 aromatic carbocycles. The number of rotatable bonds is 4. The van der Waals surface area contributed by atoms with E-state index in [2.05, 4.69) is 18.3 Å². The SMILES string of the molecule is CCc1ccc(C)[n+](CC(=O)Nc2ccc3c(c2)OCO3)c1. The summed E-state index contributed by atoms with van der Waals surface area (Å²) in [6, 6.07) is 9.51. The molecule has 1 aliphatic heterocycles. The molecule has 0 spiro atoms. The van der Waals surface area contributed by atoms with Crippen LogP contribution in [0.25, 0.3) is 0 Å². The minimum absolute atomic E-state index is 0.0692. The number of anilines is 1. The zero-order valence-corrected chi connectivity index (χ0v) is 12.8. The van der Waals surface area contributed by atoms with Gasteiger partial charge < -0.3 is 14.8 Å². The molecular formula is C17H19N2O3+. The first-order valence-corrected chi connectivity index (χ1v) is 7.34. The number of pyridine rings is 1. The van der Waals surface area contributed by atoms with Gasteiger partial charge in [0.25, 0.3) is 5.91 Å². The molecule has 2 heterocycles. The van der Waals surface area contributed by atoms with Gasteiger partial charge in [0.1, 0.15) is 0 Å². The van der Waals surface area contributed by atoms with E-state index in [0.29, 0.717) is 17.2 Å². The number of hydrogen-bond acceptors (Lipinski definition) is 3. The third kappa shape index (κ3) is 3.03. The van der Waals surface area contributed by atoms with Gasteiger partial charge >= 0.3 is 0 Å². The van der Waals surface area contributed by atoms with Gasteiger partial charge in [-0.2, -0.15) is 4.57 Å². The smallest absolute Gasteiger partial charge is 0.290 e. The molecule has 0 atom stereocenters. The van der Waals surface area contributed by atoms with Crippen molar-refractivity contribution in [1.29, 1.82) is 0 Å². The van der Waals surface area contributed by atoms with Gasteiger partial charge in [0, 0.05) is 30.3 Å². The van der Waals surface area contributed by atoms with E-state index in [9.17, 15) is 4.79 Å². The zero-order chi connectivity index (χ0) is 15.5. The Hall–Kier alpha value is -2.56. The minimum atomic E-state index is -0.0692. The molecule has 114 valence electrons. The molecule has 0 aliphatic carbocycles. The van der Waals surface area contributed by atoms with Crippen LogP contribution in [-0.2, 0) is 17.8 Å². The topological polar surface area (TPSA) is 51.4 Å². The van der Waals surface area contributed by atoms with Crippen LogP contribution in [0.2, 0.25) is 0 Å². The van der Waals surface area contributed by atoms with Gasteiger partial charge in [-0.05, 0) is 24.6 Å². The average molecular weight is 299 g/mol. The van der Waals surface area contributed by atoms with Crippen LogP contribution >= 0.6 is 0 Å². The van der Waals surface area contributed by atoms with Crippen LogP contribution < -0.4 is 19.4 Å². The first kappa shape index (κ1) is 14.4. The fraction of sp³-hybridized carbons (Fsp3) is 0.294. The minimum Gasteiger partial charge on any atom is -0.454 e. The Morgan fingerprint density at radius 1 is 1.23 bits per heavy atom. The quantitative estimate of drug-likeness (QED) is 0.881. The number of fused-ring (bicyclic) bond motifs is 1. The molecule has 1 aromatic heterocycles. The van der Waals surface area contributed by atoms with Crippen molar-refractivity contribution < 1.29 is 18.8 Å². The maximum Gasteiger partial charge on any atom is 0.290 e. The lowest BCUT2D eigenvalue weighted by atomic mass is 10.2. The van der Waals surface area contributed by atoms with E-state index in [1.807, 2.05) is 29.8 Å². The number of benzene rings is 1. The van der Waals surface area contributed by atoms with Crippen molar-refractivity contribution in [3.63, 3.8) is 0 Å². The Labute approximate surface area is 129 Å². The van der Waals surface area contributed by atoms with Gasteiger partial charge in [0.05, 0.1) is 0 Å². The van der Waals surface area contributed by atoms with E-state index in [4.69, 9.17) is 9.47 Å². The van der Waals surface area contributed by atoms with E-state index in [0.717, 1.165) is 12.1 Å². The van der Waals surface area contributed by atoms with Gasteiger partial charge in [0.15, 0.2) is 23.4 Å². The Bertz CT molecular complexity index is 713. The van der Waals surface area contributed by atoms with E-state index in [1.165, 1.54) is 5.56 Å². The van der Waals surface area contributed by atoms with Crippen LogP contribution in [0.5, 0.6) is 11.5 Å². The maximum absolute atomic E-state index is 12.2. The summed E-state index contributed by atoms with van der Waals surface area (Å²) in [4.78, 5) is 12.2. The van der Waals surface area contributed by atoms with Crippen LogP contribution in [0, 0.1) is 6.92 Å². The maximum atomic E-state index is 12.2. The van der Waals surface area contributed by atoms with E-state index >= 15 is 0 Å². The normalized spacial score (nSPS) is 12.3. The number of aryl methyl sites for hydroxylation is 2. The molecule has 0 radical (unpaired) electrons. The molecule has 0 bridgehead atoms. The summed E-state index contributed by atoms with van der Waals surface area (Å²) in [6.07, 6.45) is 2.97.